The summed E-state index contributed by atoms with van der Waals surface area (Å²) in [5, 5.41) is 3.53. The van der Waals surface area contributed by atoms with Crippen molar-refractivity contribution in [3.63, 3.8) is 0 Å². The Labute approximate surface area is 305 Å². The number of pyridine rings is 1. The largest absolute Gasteiger partial charge is 0.493 e. The van der Waals surface area contributed by atoms with Crippen LogP contribution in [-0.4, -0.2) is 71.7 Å². The molecule has 1 aliphatic rings. The first-order valence-electron chi connectivity index (χ1n) is 17.1. The Morgan fingerprint density at radius 3 is 1.86 bits per heavy atom. The van der Waals surface area contributed by atoms with Crippen molar-refractivity contribution in [3.8, 4) is 56.9 Å². The summed E-state index contributed by atoms with van der Waals surface area (Å²) in [6.07, 6.45) is 4.01. The Morgan fingerprint density at radius 1 is 0.725 bits per heavy atom. The number of methoxy groups -OCH3 is 6. The fraction of sp³-hybridized carbons (Fsp3) is 0.341. The Morgan fingerprint density at radius 2 is 1.31 bits per heavy atom. The van der Waals surface area contributed by atoms with Crippen LogP contribution >= 0.6 is 11.3 Å². The lowest BCUT2D eigenvalue weighted by Crippen LogP contribution is -2.44. The van der Waals surface area contributed by atoms with Gasteiger partial charge in [0.2, 0.25) is 11.5 Å². The van der Waals surface area contributed by atoms with Gasteiger partial charge in [-0.25, -0.2) is 0 Å². The van der Waals surface area contributed by atoms with Gasteiger partial charge in [0.25, 0.3) is 0 Å². The van der Waals surface area contributed by atoms with Crippen LogP contribution in [0.25, 0.3) is 22.4 Å². The van der Waals surface area contributed by atoms with Crippen LogP contribution in [0.15, 0.2) is 78.3 Å². The average Bonchev–Trinajstić information content (AvgIpc) is 3.61. The molecule has 0 amide bonds. The molecule has 10 heteroatoms. The fourth-order valence-electron chi connectivity index (χ4n) is 6.99. The second kappa shape index (κ2) is 16.4. The molecule has 9 nitrogen and oxygen atoms in total. The van der Waals surface area contributed by atoms with E-state index in [0.717, 1.165) is 61.4 Å². The normalized spacial score (nSPS) is 13.5. The maximum Gasteiger partial charge on any atom is 0.203 e. The molecule has 0 saturated carbocycles. The van der Waals surface area contributed by atoms with Crippen LogP contribution in [0.3, 0.4) is 0 Å². The Hall–Kier alpha value is -4.93. The molecule has 6 rings (SSSR count). The third-order valence-electron chi connectivity index (χ3n) is 9.62. The SMILES string of the molecule is COc1cc(-c2cc(CN3CCC(N(Cc4ccccc4-c4cc(OC)c(OC)c(OC)c4)c4sccc4C)CC3)ccn2)cc(OC)c1OC. The molecule has 0 spiro atoms. The zero-order valence-electron chi connectivity index (χ0n) is 30.5. The molecule has 268 valence electrons. The number of aromatic nitrogens is 1. The monoisotopic (exact) mass is 709 g/mol. The van der Waals surface area contributed by atoms with Gasteiger partial charge in [-0.3, -0.25) is 9.88 Å². The summed E-state index contributed by atoms with van der Waals surface area (Å²) in [6, 6.07) is 23.5. The van der Waals surface area contributed by atoms with Crippen molar-refractivity contribution in [2.75, 3.05) is 60.6 Å². The molecule has 0 N–H and O–H groups in total. The maximum atomic E-state index is 5.70. The van der Waals surface area contributed by atoms with Gasteiger partial charge in [0.15, 0.2) is 23.0 Å². The minimum Gasteiger partial charge on any atom is -0.493 e. The van der Waals surface area contributed by atoms with E-state index in [9.17, 15) is 0 Å². The van der Waals surface area contributed by atoms with E-state index < -0.39 is 0 Å². The summed E-state index contributed by atoms with van der Waals surface area (Å²) in [6.45, 7) is 5.87. The molecule has 0 atom stereocenters. The van der Waals surface area contributed by atoms with Gasteiger partial charge in [-0.05, 0) is 95.4 Å². The number of piperidine rings is 1. The molecule has 51 heavy (non-hydrogen) atoms. The van der Waals surface area contributed by atoms with E-state index in [0.29, 0.717) is 40.5 Å². The van der Waals surface area contributed by atoms with Crippen molar-refractivity contribution in [2.45, 2.75) is 38.9 Å². The highest BCUT2D eigenvalue weighted by Gasteiger charge is 2.28. The van der Waals surface area contributed by atoms with Crippen LogP contribution in [0.1, 0.15) is 29.5 Å². The van der Waals surface area contributed by atoms with E-state index in [4.69, 9.17) is 28.4 Å². The fourth-order valence-corrected chi connectivity index (χ4v) is 8.00. The van der Waals surface area contributed by atoms with Gasteiger partial charge in [0, 0.05) is 44.0 Å². The highest BCUT2D eigenvalue weighted by atomic mass is 32.1. The molecular formula is C41H47N3O6S. The van der Waals surface area contributed by atoms with Gasteiger partial charge in [-0.15, -0.1) is 11.3 Å². The van der Waals surface area contributed by atoms with Crippen LogP contribution in [0, 0.1) is 6.92 Å². The summed E-state index contributed by atoms with van der Waals surface area (Å²) in [4.78, 5) is 9.86. The van der Waals surface area contributed by atoms with Crippen molar-refractivity contribution in [1.82, 2.24) is 9.88 Å². The molecule has 0 radical (unpaired) electrons. The maximum absolute atomic E-state index is 5.70. The van der Waals surface area contributed by atoms with Crippen molar-refractivity contribution >= 4 is 16.3 Å². The number of hydrogen-bond acceptors (Lipinski definition) is 10. The lowest BCUT2D eigenvalue weighted by Gasteiger charge is -2.40. The second-order valence-electron chi connectivity index (χ2n) is 12.6. The van der Waals surface area contributed by atoms with Crippen LogP contribution < -0.4 is 33.3 Å². The molecule has 1 aliphatic heterocycles. The molecule has 1 fully saturated rings. The van der Waals surface area contributed by atoms with Crippen LogP contribution in [0.5, 0.6) is 34.5 Å². The number of benzene rings is 3. The molecule has 0 bridgehead atoms. The molecule has 0 unspecified atom stereocenters. The highest BCUT2D eigenvalue weighted by Crippen LogP contribution is 2.43. The minimum atomic E-state index is 0.402. The molecule has 3 heterocycles. The molecule has 2 aromatic heterocycles. The number of ether oxygens (including phenoxy) is 6. The second-order valence-corrected chi connectivity index (χ2v) is 13.5. The average molecular weight is 710 g/mol. The van der Waals surface area contributed by atoms with Gasteiger partial charge in [-0.1, -0.05) is 24.3 Å². The van der Waals surface area contributed by atoms with E-state index in [-0.39, 0.29) is 0 Å². The number of nitrogens with zero attached hydrogens (tertiary/aromatic N) is 3. The Balaban J connectivity index is 1.21. The summed E-state index contributed by atoms with van der Waals surface area (Å²) >= 11 is 1.82. The molecular weight excluding hydrogens is 663 g/mol. The van der Waals surface area contributed by atoms with Crippen LogP contribution in [0.4, 0.5) is 5.00 Å². The topological polar surface area (TPSA) is 74.8 Å². The lowest BCUT2D eigenvalue weighted by molar-refractivity contribution is 0.201. The smallest absolute Gasteiger partial charge is 0.203 e. The summed E-state index contributed by atoms with van der Waals surface area (Å²) in [7, 11) is 9.81. The van der Waals surface area contributed by atoms with Gasteiger partial charge >= 0.3 is 0 Å². The molecule has 1 saturated heterocycles. The third-order valence-corrected chi connectivity index (χ3v) is 10.7. The number of rotatable bonds is 14. The number of aryl methyl sites for hydroxylation is 1. The van der Waals surface area contributed by atoms with Crippen LogP contribution in [0.2, 0.25) is 0 Å². The number of thiophene rings is 1. The summed E-state index contributed by atoms with van der Waals surface area (Å²) in [5.41, 5.74) is 7.74. The number of likely N-dealkylation sites (tertiary alicyclic amines) is 1. The molecule has 5 aromatic rings. The van der Waals surface area contributed by atoms with Gasteiger partial charge in [-0.2, -0.15) is 0 Å². The Kier molecular flexibility index (Phi) is 11.5. The lowest BCUT2D eigenvalue weighted by atomic mass is 9.96. The van der Waals surface area contributed by atoms with Crippen LogP contribution in [-0.2, 0) is 13.1 Å². The van der Waals surface area contributed by atoms with Crippen molar-refractivity contribution in [3.05, 3.63) is 95.0 Å². The van der Waals surface area contributed by atoms with E-state index in [1.165, 1.54) is 21.7 Å². The van der Waals surface area contributed by atoms with Crippen molar-refractivity contribution < 1.29 is 28.4 Å². The summed E-state index contributed by atoms with van der Waals surface area (Å²) < 4.78 is 33.7. The predicted molar refractivity (Wildman–Crippen MR) is 204 cm³/mol. The van der Waals surface area contributed by atoms with Crippen molar-refractivity contribution in [2.24, 2.45) is 0 Å². The number of hydrogen-bond donors (Lipinski definition) is 0. The van der Waals surface area contributed by atoms with Gasteiger partial charge in [0.05, 0.1) is 53.4 Å². The third kappa shape index (κ3) is 7.72. The van der Waals surface area contributed by atoms with Gasteiger partial charge in [0.1, 0.15) is 0 Å². The first-order chi connectivity index (χ1) is 24.9. The Bertz CT molecular complexity index is 1890. The summed E-state index contributed by atoms with van der Waals surface area (Å²) in [5.74, 6) is 3.66. The quantitative estimate of drug-likeness (QED) is 0.113. The highest BCUT2D eigenvalue weighted by molar-refractivity contribution is 7.14. The zero-order valence-corrected chi connectivity index (χ0v) is 31.3. The molecule has 3 aromatic carbocycles. The zero-order chi connectivity index (χ0) is 35.9. The first kappa shape index (κ1) is 35.9. The molecule has 0 aliphatic carbocycles. The van der Waals surface area contributed by atoms with Crippen molar-refractivity contribution in [1.29, 1.82) is 0 Å². The first-order valence-corrected chi connectivity index (χ1v) is 18.0. The van der Waals surface area contributed by atoms with E-state index in [2.05, 4.69) is 69.6 Å². The predicted octanol–water partition coefficient (Wildman–Crippen LogP) is 8.51. The standard InChI is InChI=1S/C41H47N3O6S/c1-27-15-19-51-41(27)44(26-29-10-8-9-11-33(29)30-21-35(45-2)39(49-6)36(22-30)46-3)32-13-17-43(18-14-32)25-28-12-16-42-34(20-28)31-23-37(47-4)40(50-7)38(24-31)48-5/h8-12,15-16,19-24,32H,13-14,17-18,25-26H2,1-7H3. The minimum absolute atomic E-state index is 0.402. The van der Waals surface area contributed by atoms with E-state index in [1.807, 2.05) is 41.8 Å². The van der Waals surface area contributed by atoms with E-state index >= 15 is 0 Å². The number of anilines is 1. The van der Waals surface area contributed by atoms with E-state index in [1.54, 1.807) is 42.7 Å². The van der Waals surface area contributed by atoms with Gasteiger partial charge < -0.3 is 33.3 Å².